The first kappa shape index (κ1) is 36.5. The Morgan fingerprint density at radius 1 is 0.980 bits per heavy atom. The summed E-state index contributed by atoms with van der Waals surface area (Å²) in [6.07, 6.45) is 4.61. The molecule has 0 bridgehead atoms. The Kier molecular flexibility index (Phi) is 11.9. The molecule has 5 rings (SSSR count). The van der Waals surface area contributed by atoms with Crippen LogP contribution in [-0.4, -0.2) is 63.8 Å². The lowest BCUT2D eigenvalue weighted by Crippen LogP contribution is -2.48. The maximum Gasteiger partial charge on any atom is 0.264 e. The highest BCUT2D eigenvalue weighted by Gasteiger charge is 2.27. The second-order valence-electron chi connectivity index (χ2n) is 12.1. The SMILES string of the molecule is CCc1ccccc1N(CCNC(=O)c1cc(C(=O)NCc2nccs2)cc(N(C)S(=O)(=O)c2ccc(F)cc2)c1)[C@@H](C)C(=O)NCC1CC1. The molecule has 14 heteroatoms. The molecule has 1 aliphatic rings. The number of anilines is 2. The van der Waals surface area contributed by atoms with Crippen molar-refractivity contribution in [2.24, 2.45) is 5.92 Å². The van der Waals surface area contributed by atoms with Crippen molar-refractivity contribution in [2.75, 3.05) is 35.9 Å². The number of nitrogens with one attached hydrogen (secondary N) is 3. The van der Waals surface area contributed by atoms with Gasteiger partial charge in [0.2, 0.25) is 5.91 Å². The molecular weight excluding hydrogens is 680 g/mol. The third-order valence-electron chi connectivity index (χ3n) is 8.59. The molecule has 1 aromatic heterocycles. The average Bonchev–Trinajstić information content (AvgIpc) is 3.81. The maximum absolute atomic E-state index is 13.7. The molecule has 4 aromatic rings. The topological polar surface area (TPSA) is 141 Å². The number of carbonyl (C=O) groups excluding carboxylic acids is 3. The number of amides is 3. The lowest BCUT2D eigenvalue weighted by atomic mass is 10.1. The number of sulfonamides is 1. The van der Waals surface area contributed by atoms with Crippen LogP contribution in [0.1, 0.15) is 58.0 Å². The molecule has 0 unspecified atom stereocenters. The van der Waals surface area contributed by atoms with E-state index >= 15 is 0 Å². The van der Waals surface area contributed by atoms with E-state index in [1.165, 1.54) is 36.6 Å². The number of hydrogen-bond acceptors (Lipinski definition) is 8. The summed E-state index contributed by atoms with van der Waals surface area (Å²) in [5.74, 6) is -1.23. The van der Waals surface area contributed by atoms with Gasteiger partial charge in [0.25, 0.3) is 21.8 Å². The molecule has 1 saturated carbocycles. The van der Waals surface area contributed by atoms with Gasteiger partial charge in [-0.25, -0.2) is 17.8 Å². The lowest BCUT2D eigenvalue weighted by Gasteiger charge is -2.32. The van der Waals surface area contributed by atoms with E-state index in [0.717, 1.165) is 59.1 Å². The van der Waals surface area contributed by atoms with Crippen LogP contribution < -0.4 is 25.2 Å². The standard InChI is InChI=1S/C36H41FN6O5S2/c1-4-26-7-5-6-8-32(26)43(24(2)34(44)40-22-25-9-10-25)17-15-39-35(45)27-19-28(36(46)41-23-33-38-16-18-49-33)21-30(20-27)42(3)50(47,48)31-13-11-29(37)12-14-31/h5-8,11-14,16,18-21,24-25H,4,9-10,15,17,22-23H2,1-3H3,(H,39,45)(H,40,44)(H,41,46)/t24-/m0/s1. The van der Waals surface area contributed by atoms with Gasteiger partial charge in [0.15, 0.2) is 0 Å². The number of thiazole rings is 1. The summed E-state index contributed by atoms with van der Waals surface area (Å²) in [7, 11) is -2.88. The van der Waals surface area contributed by atoms with E-state index in [4.69, 9.17) is 0 Å². The molecule has 1 fully saturated rings. The highest BCUT2D eigenvalue weighted by Crippen LogP contribution is 2.28. The average molecular weight is 721 g/mol. The number of carbonyl (C=O) groups is 3. The zero-order valence-electron chi connectivity index (χ0n) is 28.2. The Hall–Kier alpha value is -4.82. The highest BCUT2D eigenvalue weighted by molar-refractivity contribution is 7.92. The van der Waals surface area contributed by atoms with Gasteiger partial charge in [-0.1, -0.05) is 25.1 Å². The van der Waals surface area contributed by atoms with Crippen LogP contribution in [0.15, 0.2) is 83.2 Å². The summed E-state index contributed by atoms with van der Waals surface area (Å²) < 4.78 is 41.5. The minimum Gasteiger partial charge on any atom is -0.358 e. The monoisotopic (exact) mass is 720 g/mol. The summed E-state index contributed by atoms with van der Waals surface area (Å²) in [6.45, 7) is 5.13. The number of halogens is 1. The number of hydrogen-bond donors (Lipinski definition) is 3. The smallest absolute Gasteiger partial charge is 0.264 e. The van der Waals surface area contributed by atoms with Gasteiger partial charge in [-0.05, 0) is 86.2 Å². The zero-order chi connectivity index (χ0) is 35.8. The van der Waals surface area contributed by atoms with E-state index in [1.54, 1.807) is 11.6 Å². The number of para-hydroxylation sites is 1. The van der Waals surface area contributed by atoms with Crippen molar-refractivity contribution in [3.63, 3.8) is 0 Å². The fourth-order valence-electron chi connectivity index (χ4n) is 5.42. The van der Waals surface area contributed by atoms with Crippen LogP contribution in [0.2, 0.25) is 0 Å². The molecule has 0 aliphatic heterocycles. The van der Waals surface area contributed by atoms with Crippen LogP contribution >= 0.6 is 11.3 Å². The van der Waals surface area contributed by atoms with E-state index in [-0.39, 0.29) is 40.7 Å². The third-order valence-corrected chi connectivity index (χ3v) is 11.2. The molecule has 0 radical (unpaired) electrons. The molecule has 0 spiro atoms. The van der Waals surface area contributed by atoms with Crippen molar-refractivity contribution >= 4 is 50.5 Å². The fraction of sp³-hybridized carbons (Fsp3) is 0.333. The van der Waals surface area contributed by atoms with Gasteiger partial charge in [-0.2, -0.15) is 0 Å². The van der Waals surface area contributed by atoms with Crippen molar-refractivity contribution in [2.45, 2.75) is 50.6 Å². The van der Waals surface area contributed by atoms with E-state index in [1.807, 2.05) is 43.0 Å². The predicted molar refractivity (Wildman–Crippen MR) is 192 cm³/mol. The lowest BCUT2D eigenvalue weighted by molar-refractivity contribution is -0.122. The Morgan fingerprint density at radius 3 is 2.30 bits per heavy atom. The first-order valence-electron chi connectivity index (χ1n) is 16.4. The number of aryl methyl sites for hydroxylation is 1. The van der Waals surface area contributed by atoms with E-state index < -0.39 is 33.7 Å². The Morgan fingerprint density at radius 2 is 1.66 bits per heavy atom. The summed E-state index contributed by atoms with van der Waals surface area (Å²) in [5.41, 5.74) is 2.13. The number of nitrogens with zero attached hydrogens (tertiary/aromatic N) is 3. The van der Waals surface area contributed by atoms with Crippen molar-refractivity contribution in [3.8, 4) is 0 Å². The maximum atomic E-state index is 13.7. The summed E-state index contributed by atoms with van der Waals surface area (Å²) >= 11 is 1.37. The Balaban J connectivity index is 1.38. The van der Waals surface area contributed by atoms with Crippen LogP contribution in [0.3, 0.4) is 0 Å². The molecular formula is C36H41FN6O5S2. The number of aromatic nitrogens is 1. The van der Waals surface area contributed by atoms with Crippen LogP contribution in [0.5, 0.6) is 0 Å². The molecule has 264 valence electrons. The van der Waals surface area contributed by atoms with Crippen molar-refractivity contribution in [1.82, 2.24) is 20.9 Å². The molecule has 3 N–H and O–H groups in total. The number of rotatable bonds is 16. The molecule has 1 atom stereocenters. The fourth-order valence-corrected chi connectivity index (χ4v) is 7.15. The molecule has 3 aromatic carbocycles. The Bertz CT molecular complexity index is 1920. The summed E-state index contributed by atoms with van der Waals surface area (Å²) in [4.78, 5) is 46.1. The first-order valence-corrected chi connectivity index (χ1v) is 18.8. The predicted octanol–water partition coefficient (Wildman–Crippen LogP) is 4.75. The minimum absolute atomic E-state index is 0.0544. The molecule has 0 saturated heterocycles. The molecule has 3 amide bonds. The summed E-state index contributed by atoms with van der Waals surface area (Å²) in [6, 6.07) is 15.9. The molecule has 1 heterocycles. The van der Waals surface area contributed by atoms with Gasteiger partial charge in [-0.3, -0.25) is 18.7 Å². The molecule has 11 nitrogen and oxygen atoms in total. The molecule has 1 aliphatic carbocycles. The number of benzene rings is 3. The second kappa shape index (κ2) is 16.3. The van der Waals surface area contributed by atoms with E-state index in [9.17, 15) is 27.2 Å². The largest absolute Gasteiger partial charge is 0.358 e. The van der Waals surface area contributed by atoms with Crippen LogP contribution in [0.25, 0.3) is 0 Å². The van der Waals surface area contributed by atoms with Gasteiger partial charge >= 0.3 is 0 Å². The van der Waals surface area contributed by atoms with Crippen LogP contribution in [0.4, 0.5) is 15.8 Å². The van der Waals surface area contributed by atoms with Gasteiger partial charge in [0, 0.05) is 55.1 Å². The van der Waals surface area contributed by atoms with Gasteiger partial charge in [-0.15, -0.1) is 11.3 Å². The van der Waals surface area contributed by atoms with Gasteiger partial charge in [0.1, 0.15) is 16.9 Å². The first-order chi connectivity index (χ1) is 24.0. The van der Waals surface area contributed by atoms with Gasteiger partial charge in [0.05, 0.1) is 17.1 Å². The van der Waals surface area contributed by atoms with Crippen LogP contribution in [0, 0.1) is 11.7 Å². The van der Waals surface area contributed by atoms with Crippen molar-refractivity contribution in [3.05, 3.63) is 106 Å². The van der Waals surface area contributed by atoms with Crippen LogP contribution in [-0.2, 0) is 27.8 Å². The van der Waals surface area contributed by atoms with E-state index in [2.05, 4.69) is 20.9 Å². The normalized spacial score (nSPS) is 13.3. The Labute approximate surface area is 296 Å². The third kappa shape index (κ3) is 9.04. The zero-order valence-corrected chi connectivity index (χ0v) is 29.8. The van der Waals surface area contributed by atoms with E-state index in [0.29, 0.717) is 24.0 Å². The summed E-state index contributed by atoms with van der Waals surface area (Å²) in [5, 5.41) is 11.2. The van der Waals surface area contributed by atoms with Crippen molar-refractivity contribution in [1.29, 1.82) is 0 Å². The van der Waals surface area contributed by atoms with Gasteiger partial charge < -0.3 is 20.9 Å². The second-order valence-corrected chi connectivity index (χ2v) is 15.0. The quantitative estimate of drug-likeness (QED) is 0.152. The molecule has 50 heavy (non-hydrogen) atoms. The highest BCUT2D eigenvalue weighted by atomic mass is 32.2. The minimum atomic E-state index is -4.18. The van der Waals surface area contributed by atoms with Crippen molar-refractivity contribution < 1.29 is 27.2 Å².